The highest BCUT2D eigenvalue weighted by Crippen LogP contribution is 2.30. The molecule has 3 amide bonds. The minimum absolute atomic E-state index is 0.149. The van der Waals surface area contributed by atoms with Crippen molar-refractivity contribution in [2.24, 2.45) is 5.92 Å². The molecule has 5 atom stereocenters. The second-order valence-electron chi connectivity index (χ2n) is 7.65. The summed E-state index contributed by atoms with van der Waals surface area (Å²) in [5.74, 6) is 0.0885. The fourth-order valence-electron chi connectivity index (χ4n) is 4.31. The first-order valence-corrected chi connectivity index (χ1v) is 10.6. The topological polar surface area (TPSA) is 128 Å². The molecule has 3 unspecified atom stereocenters. The maximum Gasteiger partial charge on any atom is 0.346 e. The minimum Gasteiger partial charge on any atom is -0.748 e. The number of piperidine rings is 1. The smallest absolute Gasteiger partial charge is 0.346 e. The Hall–Kier alpha value is -1.99. The Morgan fingerprint density at radius 2 is 2.14 bits per heavy atom. The van der Waals surface area contributed by atoms with Crippen LogP contribution < -0.4 is 10.8 Å². The van der Waals surface area contributed by atoms with E-state index in [2.05, 4.69) is 19.6 Å². The molecule has 0 spiro atoms. The van der Waals surface area contributed by atoms with E-state index in [9.17, 15) is 18.4 Å². The van der Waals surface area contributed by atoms with E-state index in [1.165, 1.54) is 4.90 Å². The van der Waals surface area contributed by atoms with Crippen LogP contribution in [0, 0.1) is 5.92 Å². The summed E-state index contributed by atoms with van der Waals surface area (Å²) in [4.78, 5) is 31.5. The average molecular weight is 426 g/mol. The lowest BCUT2D eigenvalue weighted by molar-refractivity contribution is -0.139. The number of amides is 3. The van der Waals surface area contributed by atoms with Crippen LogP contribution in [0.2, 0.25) is 0 Å². The van der Waals surface area contributed by atoms with Crippen molar-refractivity contribution in [3.63, 3.8) is 0 Å². The number of hydrogen-bond donors (Lipinski definition) is 2. The van der Waals surface area contributed by atoms with E-state index in [4.69, 9.17) is 4.84 Å². The molecule has 0 saturated carbocycles. The Morgan fingerprint density at radius 1 is 1.34 bits per heavy atom. The monoisotopic (exact) mass is 426 g/mol. The van der Waals surface area contributed by atoms with Crippen molar-refractivity contribution >= 4 is 23.3 Å². The predicted molar refractivity (Wildman–Crippen MR) is 99.2 cm³/mol. The molecule has 3 saturated heterocycles. The first-order valence-electron chi connectivity index (χ1n) is 9.64. The Bertz CT molecular complexity index is 762. The van der Waals surface area contributed by atoms with Gasteiger partial charge in [0.05, 0.1) is 12.6 Å². The summed E-state index contributed by atoms with van der Waals surface area (Å²) in [6.07, 6.45) is 5.92. The second kappa shape index (κ2) is 8.79. The van der Waals surface area contributed by atoms with Gasteiger partial charge in [-0.1, -0.05) is 0 Å². The predicted octanol–water partition coefficient (Wildman–Crippen LogP) is -0.492. The summed E-state index contributed by atoms with van der Waals surface area (Å²) in [5.41, 5.74) is 2.44. The van der Waals surface area contributed by atoms with Crippen molar-refractivity contribution in [1.82, 2.24) is 25.3 Å². The summed E-state index contributed by atoms with van der Waals surface area (Å²) in [6, 6.07) is 2.46. The van der Waals surface area contributed by atoms with Gasteiger partial charge >= 0.3 is 6.03 Å². The van der Waals surface area contributed by atoms with Gasteiger partial charge in [0.2, 0.25) is 0 Å². The van der Waals surface area contributed by atoms with Crippen molar-refractivity contribution in [2.45, 2.75) is 43.9 Å². The Labute approximate surface area is 170 Å². The van der Waals surface area contributed by atoms with Crippen LogP contribution in [0.5, 0.6) is 0 Å². The van der Waals surface area contributed by atoms with Crippen LogP contribution in [-0.4, -0.2) is 73.1 Å². The summed E-state index contributed by atoms with van der Waals surface area (Å²) in [7, 11) is 0. The number of carbonyl (C=O) groups excluding carboxylic acids is 2. The van der Waals surface area contributed by atoms with E-state index in [0.29, 0.717) is 25.4 Å². The van der Waals surface area contributed by atoms with Gasteiger partial charge in [-0.2, -0.15) is 9.35 Å². The van der Waals surface area contributed by atoms with E-state index in [1.54, 1.807) is 0 Å². The molecule has 1 aromatic heterocycles. The third-order valence-corrected chi connectivity index (χ3v) is 5.95. The SMILES string of the molecule is O=C(NOC[C@@H]1C[C@H](Cn2cccc2)CN1)C1CCC2CN1C(=O)N2OS(=O)[O-]. The number of nitrogens with one attached hydrogen (secondary N) is 2. The van der Waals surface area contributed by atoms with E-state index in [1.807, 2.05) is 24.5 Å². The van der Waals surface area contributed by atoms with E-state index in [0.717, 1.165) is 24.6 Å². The Kier molecular flexibility index (Phi) is 6.15. The summed E-state index contributed by atoms with van der Waals surface area (Å²) in [6.45, 7) is 2.42. The lowest BCUT2D eigenvalue weighted by Gasteiger charge is -2.29. The molecule has 4 heterocycles. The maximum absolute atomic E-state index is 12.5. The zero-order valence-electron chi connectivity index (χ0n) is 15.8. The summed E-state index contributed by atoms with van der Waals surface area (Å²) in [5, 5.41) is 4.22. The highest BCUT2D eigenvalue weighted by molar-refractivity contribution is 7.74. The third-order valence-electron chi connectivity index (χ3n) is 5.67. The first kappa shape index (κ1) is 20.3. The second-order valence-corrected chi connectivity index (χ2v) is 8.21. The van der Waals surface area contributed by atoms with E-state index < -0.39 is 29.3 Å². The average Bonchev–Trinajstić information content (AvgIpc) is 3.41. The van der Waals surface area contributed by atoms with Crippen molar-refractivity contribution < 1.29 is 27.5 Å². The fraction of sp³-hybridized carbons (Fsp3) is 0.647. The van der Waals surface area contributed by atoms with Crippen LogP contribution in [0.15, 0.2) is 24.5 Å². The summed E-state index contributed by atoms with van der Waals surface area (Å²) < 4.78 is 28.2. The van der Waals surface area contributed by atoms with Gasteiger partial charge < -0.3 is 19.3 Å². The van der Waals surface area contributed by atoms with Gasteiger partial charge in [-0.05, 0) is 37.3 Å². The molecule has 2 N–H and O–H groups in total. The first-order chi connectivity index (χ1) is 14.0. The van der Waals surface area contributed by atoms with Crippen molar-refractivity contribution in [3.8, 4) is 0 Å². The zero-order valence-corrected chi connectivity index (χ0v) is 16.6. The molecular formula is C17H24N5O6S-. The van der Waals surface area contributed by atoms with Crippen LogP contribution in [-0.2, 0) is 31.8 Å². The molecule has 3 fully saturated rings. The molecule has 2 bridgehead atoms. The molecule has 4 rings (SSSR count). The summed E-state index contributed by atoms with van der Waals surface area (Å²) >= 11 is -2.83. The zero-order chi connectivity index (χ0) is 20.4. The van der Waals surface area contributed by atoms with Gasteiger partial charge in [0.15, 0.2) is 0 Å². The Morgan fingerprint density at radius 3 is 2.90 bits per heavy atom. The van der Waals surface area contributed by atoms with Gasteiger partial charge in [0, 0.05) is 38.1 Å². The number of carbonyl (C=O) groups is 2. The van der Waals surface area contributed by atoms with Gasteiger partial charge in [-0.3, -0.25) is 9.63 Å². The molecule has 11 nitrogen and oxygen atoms in total. The van der Waals surface area contributed by atoms with Crippen molar-refractivity contribution in [2.75, 3.05) is 19.7 Å². The normalized spacial score (nSPS) is 30.0. The van der Waals surface area contributed by atoms with E-state index >= 15 is 0 Å². The van der Waals surface area contributed by atoms with Crippen molar-refractivity contribution in [3.05, 3.63) is 24.5 Å². The molecule has 3 aliphatic heterocycles. The highest BCUT2D eigenvalue weighted by atomic mass is 32.2. The van der Waals surface area contributed by atoms with Crippen LogP contribution in [0.4, 0.5) is 4.79 Å². The standard InChI is InChI=1S/C17H25N5O6S/c23-16(15-4-3-14-10-21(15)17(24)22(14)28-29(25)26)19-27-11-13-7-12(8-18-13)9-20-5-1-2-6-20/h1-2,5-6,12-15,18H,3-4,7-11H2,(H,19,23)(H,25,26)/p-1/t12-,13-,14?,15?/m0/s1. The lowest BCUT2D eigenvalue weighted by atomic mass is 10.0. The van der Waals surface area contributed by atoms with Crippen LogP contribution >= 0.6 is 0 Å². The molecule has 0 aliphatic carbocycles. The lowest BCUT2D eigenvalue weighted by Crippen LogP contribution is -2.50. The fourth-order valence-corrected chi connectivity index (χ4v) is 4.62. The number of nitrogens with zero attached hydrogens (tertiary/aromatic N) is 3. The largest absolute Gasteiger partial charge is 0.748 e. The number of hydrogen-bond acceptors (Lipinski definition) is 7. The molecule has 160 valence electrons. The third kappa shape index (κ3) is 4.61. The number of aromatic nitrogens is 1. The molecular weight excluding hydrogens is 402 g/mol. The van der Waals surface area contributed by atoms with Gasteiger partial charge in [-0.25, -0.2) is 14.5 Å². The van der Waals surface area contributed by atoms with Gasteiger partial charge in [0.1, 0.15) is 17.4 Å². The minimum atomic E-state index is -2.83. The number of rotatable bonds is 8. The van der Waals surface area contributed by atoms with Gasteiger partial charge in [-0.15, -0.1) is 0 Å². The van der Waals surface area contributed by atoms with Crippen molar-refractivity contribution in [1.29, 1.82) is 0 Å². The van der Waals surface area contributed by atoms with E-state index in [-0.39, 0.29) is 18.6 Å². The maximum atomic E-state index is 12.5. The number of fused-ring (bicyclic) bond motifs is 2. The van der Waals surface area contributed by atoms with Crippen LogP contribution in [0.1, 0.15) is 19.3 Å². The number of hydroxylamine groups is 3. The Balaban J connectivity index is 1.20. The van der Waals surface area contributed by atoms with Gasteiger partial charge in [0.25, 0.3) is 5.91 Å². The number of urea groups is 1. The molecule has 1 aromatic rings. The molecule has 0 radical (unpaired) electrons. The quantitative estimate of drug-likeness (QED) is 0.424. The molecule has 12 heteroatoms. The molecule has 0 aromatic carbocycles. The van der Waals surface area contributed by atoms with Crippen LogP contribution in [0.3, 0.4) is 0 Å². The molecule has 3 aliphatic rings. The molecule has 29 heavy (non-hydrogen) atoms. The van der Waals surface area contributed by atoms with Crippen LogP contribution in [0.25, 0.3) is 0 Å². The highest BCUT2D eigenvalue weighted by Gasteiger charge is 2.48.